The zero-order valence-corrected chi connectivity index (χ0v) is 11.1. The van der Waals surface area contributed by atoms with Crippen molar-refractivity contribution < 1.29 is 8.42 Å². The highest BCUT2D eigenvalue weighted by Crippen LogP contribution is 2.21. The minimum absolute atomic E-state index is 0.0455. The van der Waals surface area contributed by atoms with Crippen LogP contribution >= 0.6 is 22.3 Å². The molecular formula is C10H8Cl2N2O2S. The lowest BCUT2D eigenvalue weighted by Crippen LogP contribution is -1.94. The second-order valence-electron chi connectivity index (χ2n) is 3.49. The van der Waals surface area contributed by atoms with Gasteiger partial charge >= 0.3 is 0 Å². The Morgan fingerprint density at radius 2 is 2.06 bits per heavy atom. The molecule has 2 aromatic rings. The van der Waals surface area contributed by atoms with Crippen molar-refractivity contribution >= 4 is 31.3 Å². The molecule has 4 nitrogen and oxygen atoms in total. The molecule has 1 heterocycles. The van der Waals surface area contributed by atoms with Crippen molar-refractivity contribution in [1.29, 1.82) is 0 Å². The molecule has 0 N–H and O–H groups in total. The van der Waals surface area contributed by atoms with Crippen LogP contribution in [0, 0.1) is 6.92 Å². The van der Waals surface area contributed by atoms with Crippen LogP contribution in [-0.2, 0) is 9.05 Å². The Bertz CT molecular complexity index is 665. The first-order chi connectivity index (χ1) is 7.88. The maximum atomic E-state index is 11.1. The summed E-state index contributed by atoms with van der Waals surface area (Å²) in [4.78, 5) is -0.0455. The molecule has 1 aromatic heterocycles. The van der Waals surface area contributed by atoms with Gasteiger partial charge in [-0.2, -0.15) is 5.10 Å². The van der Waals surface area contributed by atoms with Crippen molar-refractivity contribution in [3.05, 3.63) is 41.2 Å². The van der Waals surface area contributed by atoms with Crippen LogP contribution in [-0.4, -0.2) is 18.2 Å². The normalized spacial score (nSPS) is 11.7. The summed E-state index contributed by atoms with van der Waals surface area (Å²) in [5, 5.41) is 4.51. The third-order valence-electron chi connectivity index (χ3n) is 2.26. The number of hydrogen-bond acceptors (Lipinski definition) is 3. The molecule has 0 spiro atoms. The van der Waals surface area contributed by atoms with Crippen LogP contribution in [0.15, 0.2) is 35.5 Å². The number of aryl methyl sites for hydroxylation is 1. The fraction of sp³-hybridized carbons (Fsp3) is 0.100. The van der Waals surface area contributed by atoms with Gasteiger partial charge in [-0.1, -0.05) is 17.7 Å². The van der Waals surface area contributed by atoms with E-state index in [0.29, 0.717) is 10.7 Å². The van der Waals surface area contributed by atoms with Crippen LogP contribution in [0.5, 0.6) is 0 Å². The molecule has 0 aliphatic rings. The third-order valence-corrected chi connectivity index (χ3v) is 3.98. The molecule has 0 aliphatic heterocycles. The van der Waals surface area contributed by atoms with Gasteiger partial charge in [0.2, 0.25) is 0 Å². The van der Waals surface area contributed by atoms with Crippen LogP contribution in [0.3, 0.4) is 0 Å². The first-order valence-electron chi connectivity index (χ1n) is 4.64. The highest BCUT2D eigenvalue weighted by Gasteiger charge is 2.13. The fourth-order valence-electron chi connectivity index (χ4n) is 1.30. The molecule has 0 saturated heterocycles. The van der Waals surface area contributed by atoms with Crippen molar-refractivity contribution in [2.45, 2.75) is 11.8 Å². The molecule has 0 aliphatic carbocycles. The third kappa shape index (κ3) is 2.62. The SMILES string of the molecule is Cc1ccc(-n2cc(S(=O)(=O)Cl)cn2)cc1Cl. The number of nitrogens with zero attached hydrogens (tertiary/aromatic N) is 2. The fourth-order valence-corrected chi connectivity index (χ4v) is 2.11. The minimum Gasteiger partial charge on any atom is -0.240 e. The van der Waals surface area contributed by atoms with Crippen LogP contribution in [0.4, 0.5) is 0 Å². The van der Waals surface area contributed by atoms with Crippen LogP contribution in [0.25, 0.3) is 5.69 Å². The molecule has 90 valence electrons. The molecule has 17 heavy (non-hydrogen) atoms. The summed E-state index contributed by atoms with van der Waals surface area (Å²) in [5.74, 6) is 0. The molecule has 1 aromatic carbocycles. The molecule has 0 bridgehead atoms. The Morgan fingerprint density at radius 3 is 2.59 bits per heavy atom. The Hall–Kier alpha value is -1.04. The second kappa shape index (κ2) is 4.33. The summed E-state index contributed by atoms with van der Waals surface area (Å²) in [6.45, 7) is 1.88. The van der Waals surface area contributed by atoms with Crippen molar-refractivity contribution in [3.8, 4) is 5.69 Å². The van der Waals surface area contributed by atoms with E-state index in [-0.39, 0.29) is 4.90 Å². The van der Waals surface area contributed by atoms with Crippen molar-refractivity contribution in [1.82, 2.24) is 9.78 Å². The first-order valence-corrected chi connectivity index (χ1v) is 7.32. The standard InChI is InChI=1S/C10H8Cl2N2O2S/c1-7-2-3-8(4-10(7)11)14-6-9(5-13-14)17(12,15)16/h2-6H,1H3. The Labute approximate surface area is 108 Å². The second-order valence-corrected chi connectivity index (χ2v) is 6.47. The monoisotopic (exact) mass is 290 g/mol. The van der Waals surface area contributed by atoms with Crippen molar-refractivity contribution in [2.24, 2.45) is 0 Å². The Morgan fingerprint density at radius 1 is 1.35 bits per heavy atom. The number of rotatable bonds is 2. The maximum Gasteiger partial charge on any atom is 0.264 e. The average Bonchev–Trinajstić information content (AvgIpc) is 2.70. The van der Waals surface area contributed by atoms with E-state index in [1.54, 1.807) is 12.1 Å². The molecule has 0 radical (unpaired) electrons. The zero-order valence-electron chi connectivity index (χ0n) is 8.76. The van der Waals surface area contributed by atoms with Gasteiger partial charge in [0.15, 0.2) is 0 Å². The number of aromatic nitrogens is 2. The quantitative estimate of drug-likeness (QED) is 0.799. The summed E-state index contributed by atoms with van der Waals surface area (Å²) < 4.78 is 23.6. The minimum atomic E-state index is -3.75. The van der Waals surface area contributed by atoms with Crippen LogP contribution in [0.1, 0.15) is 5.56 Å². The van der Waals surface area contributed by atoms with Gasteiger partial charge in [-0.15, -0.1) is 0 Å². The van der Waals surface area contributed by atoms with Gasteiger partial charge in [0.05, 0.1) is 18.1 Å². The number of hydrogen-bond donors (Lipinski definition) is 0. The molecule has 0 atom stereocenters. The van der Waals surface area contributed by atoms with Gasteiger partial charge in [-0.05, 0) is 24.6 Å². The van der Waals surface area contributed by atoms with Crippen molar-refractivity contribution in [2.75, 3.05) is 0 Å². The highest BCUT2D eigenvalue weighted by molar-refractivity contribution is 8.13. The number of benzene rings is 1. The van der Waals surface area contributed by atoms with Crippen LogP contribution < -0.4 is 0 Å². The van der Waals surface area contributed by atoms with Crippen molar-refractivity contribution in [3.63, 3.8) is 0 Å². The predicted octanol–water partition coefficient (Wildman–Crippen LogP) is 2.76. The summed E-state index contributed by atoms with van der Waals surface area (Å²) in [7, 11) is 1.46. The molecular weight excluding hydrogens is 283 g/mol. The van der Waals surface area contributed by atoms with Gasteiger partial charge in [-0.25, -0.2) is 13.1 Å². The Kier molecular flexibility index (Phi) is 3.16. The lowest BCUT2D eigenvalue weighted by molar-refractivity contribution is 0.609. The summed E-state index contributed by atoms with van der Waals surface area (Å²) in [6.07, 6.45) is 2.53. The van der Waals surface area contributed by atoms with E-state index in [2.05, 4.69) is 5.10 Å². The smallest absolute Gasteiger partial charge is 0.240 e. The molecule has 7 heteroatoms. The summed E-state index contributed by atoms with van der Waals surface area (Å²) >= 11 is 5.98. The average molecular weight is 291 g/mol. The predicted molar refractivity (Wildman–Crippen MR) is 66.3 cm³/mol. The molecule has 0 fully saturated rings. The Balaban J connectivity index is 2.47. The van der Waals surface area contributed by atoms with E-state index in [9.17, 15) is 8.42 Å². The molecule has 2 rings (SSSR count). The van der Waals surface area contributed by atoms with Gasteiger partial charge in [-0.3, -0.25) is 0 Å². The lowest BCUT2D eigenvalue weighted by Gasteiger charge is -2.03. The van der Waals surface area contributed by atoms with E-state index < -0.39 is 9.05 Å². The van der Waals surface area contributed by atoms with E-state index >= 15 is 0 Å². The van der Waals surface area contributed by atoms with E-state index in [0.717, 1.165) is 5.56 Å². The van der Waals surface area contributed by atoms with Gasteiger partial charge in [0, 0.05) is 15.7 Å². The van der Waals surface area contributed by atoms with Crippen LogP contribution in [0.2, 0.25) is 5.02 Å². The van der Waals surface area contributed by atoms with Gasteiger partial charge in [0.1, 0.15) is 4.90 Å². The molecule has 0 saturated carbocycles. The summed E-state index contributed by atoms with van der Waals surface area (Å²) in [6, 6.07) is 5.32. The maximum absolute atomic E-state index is 11.1. The van der Waals surface area contributed by atoms with Gasteiger partial charge < -0.3 is 0 Å². The highest BCUT2D eigenvalue weighted by atomic mass is 35.7. The molecule has 0 unspecified atom stereocenters. The zero-order chi connectivity index (χ0) is 12.6. The topological polar surface area (TPSA) is 52.0 Å². The largest absolute Gasteiger partial charge is 0.264 e. The van der Waals surface area contributed by atoms with E-state index in [4.69, 9.17) is 22.3 Å². The number of halogens is 2. The molecule has 0 amide bonds. The van der Waals surface area contributed by atoms with Gasteiger partial charge in [0.25, 0.3) is 9.05 Å². The van der Waals surface area contributed by atoms with E-state index in [1.165, 1.54) is 17.1 Å². The first kappa shape index (κ1) is 12.4. The van der Waals surface area contributed by atoms with E-state index in [1.807, 2.05) is 13.0 Å². The lowest BCUT2D eigenvalue weighted by atomic mass is 10.2. The summed E-state index contributed by atoms with van der Waals surface area (Å²) in [5.41, 5.74) is 1.61.